The highest BCUT2D eigenvalue weighted by molar-refractivity contribution is 7.09. The lowest BCUT2D eigenvalue weighted by molar-refractivity contribution is 0.101. The molecule has 5 nitrogen and oxygen atoms in total. The SMILES string of the molecule is Cc1nc(-c2ccc3c(N)c(C(=O)c4cccc(N)c4)oc3c2)cs1. The summed E-state index contributed by atoms with van der Waals surface area (Å²) in [7, 11) is 0. The van der Waals surface area contributed by atoms with Gasteiger partial charge in [-0.2, -0.15) is 0 Å². The van der Waals surface area contributed by atoms with E-state index in [0.29, 0.717) is 27.9 Å². The van der Waals surface area contributed by atoms with Crippen molar-refractivity contribution in [3.8, 4) is 11.3 Å². The highest BCUT2D eigenvalue weighted by Crippen LogP contribution is 2.33. The van der Waals surface area contributed by atoms with E-state index in [1.54, 1.807) is 35.6 Å². The van der Waals surface area contributed by atoms with Gasteiger partial charge in [-0.1, -0.05) is 18.2 Å². The van der Waals surface area contributed by atoms with Crippen LogP contribution in [0.1, 0.15) is 21.1 Å². The summed E-state index contributed by atoms with van der Waals surface area (Å²) >= 11 is 1.58. The van der Waals surface area contributed by atoms with Gasteiger partial charge >= 0.3 is 0 Å². The molecule has 4 N–H and O–H groups in total. The first-order valence-electron chi connectivity index (χ1n) is 7.67. The predicted octanol–water partition coefficient (Wildman–Crippen LogP) is 4.26. The van der Waals surface area contributed by atoms with Crippen LogP contribution in [0.3, 0.4) is 0 Å². The van der Waals surface area contributed by atoms with Gasteiger partial charge in [0.25, 0.3) is 0 Å². The van der Waals surface area contributed by atoms with Gasteiger partial charge in [0.2, 0.25) is 5.78 Å². The first-order chi connectivity index (χ1) is 12.0. The van der Waals surface area contributed by atoms with Crippen molar-refractivity contribution in [1.82, 2.24) is 4.98 Å². The minimum atomic E-state index is -0.285. The summed E-state index contributed by atoms with van der Waals surface area (Å²) in [5, 5.41) is 3.69. The number of nitrogens with two attached hydrogens (primary N) is 2. The molecular weight excluding hydrogens is 334 g/mol. The molecule has 4 rings (SSSR count). The van der Waals surface area contributed by atoms with Crippen molar-refractivity contribution in [2.45, 2.75) is 6.92 Å². The molecule has 0 amide bonds. The van der Waals surface area contributed by atoms with Crippen LogP contribution in [0.4, 0.5) is 11.4 Å². The maximum atomic E-state index is 12.7. The molecule has 0 aliphatic heterocycles. The highest BCUT2D eigenvalue weighted by atomic mass is 32.1. The second-order valence-electron chi connectivity index (χ2n) is 5.76. The molecule has 0 bridgehead atoms. The van der Waals surface area contributed by atoms with Crippen molar-refractivity contribution >= 4 is 39.5 Å². The zero-order valence-corrected chi connectivity index (χ0v) is 14.3. The van der Waals surface area contributed by atoms with Gasteiger partial charge < -0.3 is 15.9 Å². The summed E-state index contributed by atoms with van der Waals surface area (Å²) in [4.78, 5) is 17.2. The predicted molar refractivity (Wildman–Crippen MR) is 101 cm³/mol. The second-order valence-corrected chi connectivity index (χ2v) is 6.82. The number of thiazole rings is 1. The fraction of sp³-hybridized carbons (Fsp3) is 0.0526. The molecule has 2 aromatic carbocycles. The van der Waals surface area contributed by atoms with E-state index in [-0.39, 0.29) is 11.5 Å². The molecule has 0 atom stereocenters. The molecule has 0 aliphatic carbocycles. The Morgan fingerprint density at radius 3 is 2.72 bits per heavy atom. The zero-order valence-electron chi connectivity index (χ0n) is 13.4. The number of fused-ring (bicyclic) bond motifs is 1. The van der Waals surface area contributed by atoms with Crippen LogP contribution >= 0.6 is 11.3 Å². The summed E-state index contributed by atoms with van der Waals surface area (Å²) in [6.07, 6.45) is 0. The summed E-state index contributed by atoms with van der Waals surface area (Å²) in [5.41, 5.74) is 15.6. The molecule has 25 heavy (non-hydrogen) atoms. The highest BCUT2D eigenvalue weighted by Gasteiger charge is 2.20. The summed E-state index contributed by atoms with van der Waals surface area (Å²) in [5.74, 6) is -0.153. The molecule has 0 saturated carbocycles. The Hall–Kier alpha value is -3.12. The minimum Gasteiger partial charge on any atom is -0.450 e. The van der Waals surface area contributed by atoms with Gasteiger partial charge in [0.15, 0.2) is 5.76 Å². The number of hydrogen-bond acceptors (Lipinski definition) is 6. The van der Waals surface area contributed by atoms with Crippen LogP contribution in [-0.2, 0) is 0 Å². The van der Waals surface area contributed by atoms with E-state index >= 15 is 0 Å². The Morgan fingerprint density at radius 1 is 1.16 bits per heavy atom. The van der Waals surface area contributed by atoms with Crippen molar-refractivity contribution in [1.29, 1.82) is 0 Å². The van der Waals surface area contributed by atoms with E-state index in [1.165, 1.54) is 0 Å². The lowest BCUT2D eigenvalue weighted by Gasteiger charge is -2.00. The normalized spacial score (nSPS) is 11.1. The van der Waals surface area contributed by atoms with E-state index in [2.05, 4.69) is 4.98 Å². The Morgan fingerprint density at radius 2 is 2.00 bits per heavy atom. The maximum absolute atomic E-state index is 12.7. The van der Waals surface area contributed by atoms with Crippen LogP contribution in [0.25, 0.3) is 22.2 Å². The van der Waals surface area contributed by atoms with Crippen LogP contribution < -0.4 is 11.5 Å². The molecule has 0 radical (unpaired) electrons. The van der Waals surface area contributed by atoms with E-state index < -0.39 is 0 Å². The van der Waals surface area contributed by atoms with Crippen LogP contribution in [-0.4, -0.2) is 10.8 Å². The molecule has 124 valence electrons. The number of hydrogen-bond donors (Lipinski definition) is 2. The molecule has 2 aromatic heterocycles. The Bertz CT molecular complexity index is 1110. The third kappa shape index (κ3) is 2.66. The Labute approximate surface area is 147 Å². The van der Waals surface area contributed by atoms with Gasteiger partial charge in [-0.3, -0.25) is 4.79 Å². The molecule has 0 saturated heterocycles. The molecule has 4 aromatic rings. The van der Waals surface area contributed by atoms with E-state index in [9.17, 15) is 4.79 Å². The summed E-state index contributed by atoms with van der Waals surface area (Å²) < 4.78 is 5.78. The number of aryl methyl sites for hydroxylation is 1. The molecule has 0 spiro atoms. The molecule has 0 unspecified atom stereocenters. The number of furan rings is 1. The molecular formula is C19H15N3O2S. The largest absolute Gasteiger partial charge is 0.450 e. The number of anilines is 2. The first kappa shape index (κ1) is 15.4. The number of ketones is 1. The number of nitrogen functional groups attached to an aromatic ring is 2. The fourth-order valence-electron chi connectivity index (χ4n) is 2.75. The van der Waals surface area contributed by atoms with Gasteiger partial charge in [0.1, 0.15) is 5.58 Å². The van der Waals surface area contributed by atoms with E-state index in [4.69, 9.17) is 15.9 Å². The lowest BCUT2D eigenvalue weighted by Crippen LogP contribution is -2.03. The molecule has 6 heteroatoms. The number of nitrogens with zero attached hydrogens (tertiary/aromatic N) is 1. The smallest absolute Gasteiger partial charge is 0.230 e. The summed E-state index contributed by atoms with van der Waals surface area (Å²) in [6, 6.07) is 12.4. The van der Waals surface area contributed by atoms with Crippen LogP contribution in [0.2, 0.25) is 0 Å². The number of benzene rings is 2. The van der Waals surface area contributed by atoms with Crippen molar-refractivity contribution in [3.63, 3.8) is 0 Å². The zero-order chi connectivity index (χ0) is 17.6. The molecule has 2 heterocycles. The van der Waals surface area contributed by atoms with E-state index in [0.717, 1.165) is 16.3 Å². The second kappa shape index (κ2) is 5.75. The average molecular weight is 349 g/mol. The number of carbonyl (C=O) groups excluding carboxylic acids is 1. The third-order valence-corrected chi connectivity index (χ3v) is 4.77. The fourth-order valence-corrected chi connectivity index (χ4v) is 3.37. The molecule has 0 fully saturated rings. The van der Waals surface area contributed by atoms with Gasteiger partial charge in [-0.25, -0.2) is 4.98 Å². The van der Waals surface area contributed by atoms with Crippen LogP contribution in [0, 0.1) is 6.92 Å². The topological polar surface area (TPSA) is 95.1 Å². The Kier molecular flexibility index (Phi) is 3.54. The summed E-state index contributed by atoms with van der Waals surface area (Å²) in [6.45, 7) is 1.96. The van der Waals surface area contributed by atoms with Gasteiger partial charge in [0.05, 0.1) is 16.4 Å². The third-order valence-electron chi connectivity index (χ3n) is 4.00. The van der Waals surface area contributed by atoms with Crippen molar-refractivity contribution < 1.29 is 9.21 Å². The van der Waals surface area contributed by atoms with Crippen LogP contribution in [0.15, 0.2) is 52.3 Å². The minimum absolute atomic E-state index is 0.132. The van der Waals surface area contributed by atoms with Gasteiger partial charge in [-0.15, -0.1) is 11.3 Å². The molecule has 0 aliphatic rings. The van der Waals surface area contributed by atoms with Gasteiger partial charge in [-0.05, 0) is 31.2 Å². The van der Waals surface area contributed by atoms with Crippen molar-refractivity contribution in [2.75, 3.05) is 11.5 Å². The Balaban J connectivity index is 1.80. The van der Waals surface area contributed by atoms with Crippen molar-refractivity contribution in [2.24, 2.45) is 0 Å². The van der Waals surface area contributed by atoms with Crippen LogP contribution in [0.5, 0.6) is 0 Å². The quantitative estimate of drug-likeness (QED) is 0.425. The standard InChI is InChI=1S/C19H15N3O2S/c1-10-22-15(9-25-10)11-5-6-14-16(8-11)24-19(17(14)21)18(23)12-3-2-4-13(20)7-12/h2-9H,20-21H2,1H3. The lowest BCUT2D eigenvalue weighted by atomic mass is 10.1. The first-order valence-corrected chi connectivity index (χ1v) is 8.55. The monoisotopic (exact) mass is 349 g/mol. The van der Waals surface area contributed by atoms with Gasteiger partial charge in [0, 0.05) is 27.6 Å². The number of rotatable bonds is 3. The average Bonchev–Trinajstić information content (AvgIpc) is 3.18. The number of aromatic nitrogens is 1. The number of carbonyl (C=O) groups is 1. The maximum Gasteiger partial charge on any atom is 0.230 e. The van der Waals surface area contributed by atoms with Crippen molar-refractivity contribution in [3.05, 3.63) is 64.2 Å². The van der Waals surface area contributed by atoms with E-state index in [1.807, 2.05) is 30.5 Å².